The molecule has 0 aromatic rings. The lowest BCUT2D eigenvalue weighted by atomic mass is 10.1. The Morgan fingerprint density at radius 2 is 2.20 bits per heavy atom. The number of hydrogen-bond donors (Lipinski definition) is 2. The summed E-state index contributed by atoms with van der Waals surface area (Å²) in [5.41, 5.74) is 0. The SMILES string of the molecule is CC(C)NC(=O)C(C)NCC1CCOC1. The average Bonchev–Trinajstić information content (AvgIpc) is 2.65. The predicted octanol–water partition coefficient (Wildman–Crippen LogP) is 0.526. The molecule has 0 saturated carbocycles. The number of nitrogens with one attached hydrogen (secondary N) is 2. The highest BCUT2D eigenvalue weighted by molar-refractivity contribution is 5.81. The molecule has 1 aliphatic heterocycles. The van der Waals surface area contributed by atoms with E-state index in [2.05, 4.69) is 10.6 Å². The van der Waals surface area contributed by atoms with Crippen LogP contribution in [0.4, 0.5) is 0 Å². The number of carbonyl (C=O) groups is 1. The van der Waals surface area contributed by atoms with Crippen LogP contribution < -0.4 is 10.6 Å². The largest absolute Gasteiger partial charge is 0.381 e. The molecule has 0 aromatic carbocycles. The van der Waals surface area contributed by atoms with Gasteiger partial charge in [0.2, 0.25) is 5.91 Å². The molecule has 2 atom stereocenters. The second-order valence-corrected chi connectivity index (χ2v) is 4.52. The molecule has 0 bridgehead atoms. The Morgan fingerprint density at radius 3 is 2.73 bits per heavy atom. The molecule has 1 rings (SSSR count). The maximum Gasteiger partial charge on any atom is 0.237 e. The van der Waals surface area contributed by atoms with Crippen molar-refractivity contribution >= 4 is 5.91 Å². The summed E-state index contributed by atoms with van der Waals surface area (Å²) in [5, 5.41) is 6.12. The molecule has 1 saturated heterocycles. The zero-order valence-electron chi connectivity index (χ0n) is 9.88. The first kappa shape index (κ1) is 12.5. The number of hydrogen-bond acceptors (Lipinski definition) is 3. The molecule has 88 valence electrons. The van der Waals surface area contributed by atoms with E-state index in [1.165, 1.54) is 0 Å². The van der Waals surface area contributed by atoms with Gasteiger partial charge >= 0.3 is 0 Å². The Bertz CT molecular complexity index is 201. The molecule has 1 fully saturated rings. The summed E-state index contributed by atoms with van der Waals surface area (Å²) in [6, 6.07) is 0.0876. The van der Waals surface area contributed by atoms with Gasteiger partial charge in [-0.1, -0.05) is 0 Å². The summed E-state index contributed by atoms with van der Waals surface area (Å²) in [6.07, 6.45) is 1.10. The van der Waals surface area contributed by atoms with Crippen LogP contribution in [0.5, 0.6) is 0 Å². The van der Waals surface area contributed by atoms with Gasteiger partial charge in [0.15, 0.2) is 0 Å². The van der Waals surface area contributed by atoms with Gasteiger partial charge in [-0.3, -0.25) is 4.79 Å². The second kappa shape index (κ2) is 6.08. The summed E-state index contributed by atoms with van der Waals surface area (Å²) >= 11 is 0. The monoisotopic (exact) mass is 214 g/mol. The third-order valence-electron chi connectivity index (χ3n) is 2.56. The molecule has 2 unspecified atom stereocenters. The smallest absolute Gasteiger partial charge is 0.237 e. The van der Waals surface area contributed by atoms with E-state index in [0.717, 1.165) is 26.2 Å². The highest BCUT2D eigenvalue weighted by Crippen LogP contribution is 2.10. The van der Waals surface area contributed by atoms with Crippen LogP contribution in [0, 0.1) is 5.92 Å². The van der Waals surface area contributed by atoms with E-state index in [1.807, 2.05) is 20.8 Å². The summed E-state index contributed by atoms with van der Waals surface area (Å²) in [4.78, 5) is 11.6. The van der Waals surface area contributed by atoms with E-state index in [0.29, 0.717) is 5.92 Å². The van der Waals surface area contributed by atoms with Gasteiger partial charge in [-0.2, -0.15) is 0 Å². The van der Waals surface area contributed by atoms with Crippen molar-refractivity contribution in [2.24, 2.45) is 5.92 Å². The molecular weight excluding hydrogens is 192 g/mol. The highest BCUT2D eigenvalue weighted by Gasteiger charge is 2.18. The van der Waals surface area contributed by atoms with Gasteiger partial charge in [0, 0.05) is 19.2 Å². The van der Waals surface area contributed by atoms with E-state index in [9.17, 15) is 4.79 Å². The molecule has 4 nitrogen and oxygen atoms in total. The fraction of sp³-hybridized carbons (Fsp3) is 0.909. The van der Waals surface area contributed by atoms with Crippen molar-refractivity contribution in [2.45, 2.75) is 39.3 Å². The second-order valence-electron chi connectivity index (χ2n) is 4.52. The first-order valence-corrected chi connectivity index (χ1v) is 5.71. The zero-order chi connectivity index (χ0) is 11.3. The van der Waals surface area contributed by atoms with Gasteiger partial charge in [0.1, 0.15) is 0 Å². The first-order chi connectivity index (χ1) is 7.09. The van der Waals surface area contributed by atoms with Crippen LogP contribution in [0.3, 0.4) is 0 Å². The van der Waals surface area contributed by atoms with Crippen molar-refractivity contribution in [2.75, 3.05) is 19.8 Å². The molecule has 1 heterocycles. The highest BCUT2D eigenvalue weighted by atomic mass is 16.5. The molecule has 1 aliphatic rings. The van der Waals surface area contributed by atoms with Crippen molar-refractivity contribution in [3.63, 3.8) is 0 Å². The number of ether oxygens (including phenoxy) is 1. The first-order valence-electron chi connectivity index (χ1n) is 5.71. The standard InChI is InChI=1S/C11H22N2O2/c1-8(2)13-11(14)9(3)12-6-10-4-5-15-7-10/h8-10,12H,4-7H2,1-3H3,(H,13,14). The van der Waals surface area contributed by atoms with Gasteiger partial charge in [-0.05, 0) is 33.1 Å². The molecule has 1 amide bonds. The van der Waals surface area contributed by atoms with Crippen molar-refractivity contribution < 1.29 is 9.53 Å². The van der Waals surface area contributed by atoms with Crippen LogP contribution in [0.25, 0.3) is 0 Å². The van der Waals surface area contributed by atoms with Crippen LogP contribution in [0.15, 0.2) is 0 Å². The fourth-order valence-electron chi connectivity index (χ4n) is 1.59. The minimum atomic E-state index is -0.118. The van der Waals surface area contributed by atoms with Crippen LogP contribution in [-0.2, 0) is 9.53 Å². The van der Waals surface area contributed by atoms with Crippen LogP contribution in [0.2, 0.25) is 0 Å². The van der Waals surface area contributed by atoms with Crippen molar-refractivity contribution in [1.82, 2.24) is 10.6 Å². The van der Waals surface area contributed by atoms with Crippen molar-refractivity contribution in [1.29, 1.82) is 0 Å². The summed E-state index contributed by atoms with van der Waals surface area (Å²) < 4.78 is 5.27. The van der Waals surface area contributed by atoms with Gasteiger partial charge in [-0.15, -0.1) is 0 Å². The van der Waals surface area contributed by atoms with E-state index in [-0.39, 0.29) is 18.0 Å². The summed E-state index contributed by atoms with van der Waals surface area (Å²) in [6.45, 7) is 8.38. The van der Waals surface area contributed by atoms with Crippen molar-refractivity contribution in [3.8, 4) is 0 Å². The molecule has 0 spiro atoms. The third kappa shape index (κ3) is 4.62. The average molecular weight is 214 g/mol. The maximum absolute atomic E-state index is 11.6. The molecule has 15 heavy (non-hydrogen) atoms. The van der Waals surface area contributed by atoms with E-state index in [1.54, 1.807) is 0 Å². The van der Waals surface area contributed by atoms with Crippen LogP contribution >= 0.6 is 0 Å². The minimum absolute atomic E-state index is 0.0731. The maximum atomic E-state index is 11.6. The number of amides is 1. The lowest BCUT2D eigenvalue weighted by Gasteiger charge is -2.17. The van der Waals surface area contributed by atoms with Gasteiger partial charge < -0.3 is 15.4 Å². The summed E-state index contributed by atoms with van der Waals surface area (Å²) in [5.74, 6) is 0.642. The Hall–Kier alpha value is -0.610. The molecular formula is C11H22N2O2. The van der Waals surface area contributed by atoms with Crippen LogP contribution in [-0.4, -0.2) is 37.7 Å². The Balaban J connectivity index is 2.16. The van der Waals surface area contributed by atoms with Gasteiger partial charge in [-0.25, -0.2) is 0 Å². The van der Waals surface area contributed by atoms with Gasteiger partial charge in [0.25, 0.3) is 0 Å². The van der Waals surface area contributed by atoms with Crippen LogP contribution in [0.1, 0.15) is 27.2 Å². The Labute approximate surface area is 91.8 Å². The topological polar surface area (TPSA) is 50.4 Å². The quantitative estimate of drug-likeness (QED) is 0.701. The van der Waals surface area contributed by atoms with E-state index < -0.39 is 0 Å². The third-order valence-corrected chi connectivity index (χ3v) is 2.56. The normalized spacial score (nSPS) is 23.1. The molecule has 4 heteroatoms. The van der Waals surface area contributed by atoms with E-state index in [4.69, 9.17) is 4.74 Å². The minimum Gasteiger partial charge on any atom is -0.381 e. The summed E-state index contributed by atoms with van der Waals surface area (Å²) in [7, 11) is 0. The van der Waals surface area contributed by atoms with Gasteiger partial charge in [0.05, 0.1) is 12.6 Å². The predicted molar refractivity (Wildman–Crippen MR) is 59.7 cm³/mol. The lowest BCUT2D eigenvalue weighted by Crippen LogP contribution is -2.46. The molecule has 2 N–H and O–H groups in total. The number of carbonyl (C=O) groups excluding carboxylic acids is 1. The molecule has 0 radical (unpaired) electrons. The molecule has 0 aliphatic carbocycles. The fourth-order valence-corrected chi connectivity index (χ4v) is 1.59. The zero-order valence-corrected chi connectivity index (χ0v) is 9.88. The Kier molecular flexibility index (Phi) is 5.05. The molecule has 0 aromatic heterocycles. The van der Waals surface area contributed by atoms with E-state index >= 15 is 0 Å². The van der Waals surface area contributed by atoms with Crippen molar-refractivity contribution in [3.05, 3.63) is 0 Å². The Morgan fingerprint density at radius 1 is 1.47 bits per heavy atom. The lowest BCUT2D eigenvalue weighted by molar-refractivity contribution is -0.123. The number of rotatable bonds is 5.